The molecule has 0 saturated carbocycles. The Labute approximate surface area is 184 Å². The minimum Gasteiger partial charge on any atom is -0.365 e. The van der Waals surface area contributed by atoms with E-state index in [0.29, 0.717) is 29.2 Å². The number of H-pyrrole nitrogens is 1. The minimum absolute atomic E-state index is 0.117. The number of fused-ring (bicyclic) bond motifs is 1. The van der Waals surface area contributed by atoms with E-state index in [4.69, 9.17) is 4.98 Å². The number of aryl methyl sites for hydroxylation is 1. The lowest BCUT2D eigenvalue weighted by Crippen LogP contribution is -2.31. The number of aromatic nitrogens is 2. The third-order valence-corrected chi connectivity index (χ3v) is 6.36. The lowest BCUT2D eigenvalue weighted by atomic mass is 10.0. The number of carbonyl (C=O) groups is 1. The number of aromatic amines is 1. The molecular weight excluding hydrogens is 413 g/mol. The van der Waals surface area contributed by atoms with Gasteiger partial charge in [-0.05, 0) is 55.2 Å². The molecular formula is C24H24FN3O2S. The number of Topliss-reactive ketones (excluding diaryl/α,β-unsaturated/α-hetero) is 1. The third kappa shape index (κ3) is 4.88. The number of thioether (sulfide) groups is 1. The molecule has 1 N–H and O–H groups in total. The molecule has 0 fully saturated rings. The van der Waals surface area contributed by atoms with Crippen LogP contribution in [0.2, 0.25) is 0 Å². The lowest BCUT2D eigenvalue weighted by molar-refractivity contribution is 0.102. The highest BCUT2D eigenvalue weighted by Crippen LogP contribution is 2.28. The third-order valence-electron chi connectivity index (χ3n) is 5.49. The number of ketones is 1. The number of anilines is 1. The number of hydrogen-bond donors (Lipinski definition) is 1. The summed E-state index contributed by atoms with van der Waals surface area (Å²) < 4.78 is 13.1. The molecule has 31 heavy (non-hydrogen) atoms. The fourth-order valence-corrected chi connectivity index (χ4v) is 4.67. The molecule has 2 aromatic carbocycles. The number of nitrogens with one attached hydrogen (secondary N) is 1. The number of benzene rings is 2. The first kappa shape index (κ1) is 21.3. The van der Waals surface area contributed by atoms with Gasteiger partial charge in [0, 0.05) is 23.4 Å². The van der Waals surface area contributed by atoms with Gasteiger partial charge in [0.05, 0.1) is 18.0 Å². The van der Waals surface area contributed by atoms with Crippen molar-refractivity contribution in [2.24, 2.45) is 0 Å². The van der Waals surface area contributed by atoms with E-state index >= 15 is 0 Å². The van der Waals surface area contributed by atoms with Gasteiger partial charge >= 0.3 is 0 Å². The first-order valence-electron chi connectivity index (χ1n) is 10.4. The summed E-state index contributed by atoms with van der Waals surface area (Å²) in [5, 5.41) is 0.429. The average Bonchev–Trinajstić information content (AvgIpc) is 2.78. The van der Waals surface area contributed by atoms with Crippen molar-refractivity contribution >= 4 is 23.2 Å². The second kappa shape index (κ2) is 9.47. The van der Waals surface area contributed by atoms with E-state index in [2.05, 4.69) is 28.1 Å². The summed E-state index contributed by atoms with van der Waals surface area (Å²) in [5.74, 6) is -0.403. The Hall–Kier alpha value is -2.93. The lowest BCUT2D eigenvalue weighted by Gasteiger charge is -2.31. The summed E-state index contributed by atoms with van der Waals surface area (Å²) in [6.07, 6.45) is 2.71. The van der Waals surface area contributed by atoms with Crippen molar-refractivity contribution in [1.82, 2.24) is 9.97 Å². The Balaban J connectivity index is 1.54. The quantitative estimate of drug-likeness (QED) is 0.337. The number of halogens is 1. The van der Waals surface area contributed by atoms with E-state index < -0.39 is 0 Å². The van der Waals surface area contributed by atoms with Crippen LogP contribution in [0.15, 0.2) is 58.5 Å². The van der Waals surface area contributed by atoms with E-state index in [-0.39, 0.29) is 22.9 Å². The standard InChI is InChI=1S/C24H24FN3O2S/c1-2-19-20(14-28-13-5-7-16-6-3-4-8-21(16)28)26-24(27-23(19)30)31-15-22(29)17-9-11-18(25)12-10-17/h3-4,6,8-12H,2,5,7,13-15H2,1H3,(H,26,27,30). The summed E-state index contributed by atoms with van der Waals surface area (Å²) in [6, 6.07) is 13.8. The van der Waals surface area contributed by atoms with Gasteiger partial charge in [-0.15, -0.1) is 0 Å². The number of nitrogens with zero attached hydrogens (tertiary/aromatic N) is 2. The van der Waals surface area contributed by atoms with Crippen LogP contribution in [-0.4, -0.2) is 28.0 Å². The van der Waals surface area contributed by atoms with Gasteiger partial charge < -0.3 is 9.88 Å². The van der Waals surface area contributed by atoms with Crippen LogP contribution >= 0.6 is 11.8 Å². The molecule has 0 atom stereocenters. The summed E-state index contributed by atoms with van der Waals surface area (Å²) >= 11 is 1.19. The molecule has 0 amide bonds. The maximum atomic E-state index is 13.1. The van der Waals surface area contributed by atoms with Crippen molar-refractivity contribution in [3.05, 3.63) is 87.1 Å². The van der Waals surface area contributed by atoms with Gasteiger partial charge in [0.2, 0.25) is 0 Å². The molecule has 0 aliphatic carbocycles. The van der Waals surface area contributed by atoms with Gasteiger partial charge in [0.25, 0.3) is 5.56 Å². The number of para-hydroxylation sites is 1. The first-order chi connectivity index (χ1) is 15.0. The van der Waals surface area contributed by atoms with Gasteiger partial charge in [-0.25, -0.2) is 9.37 Å². The van der Waals surface area contributed by atoms with E-state index in [0.717, 1.165) is 25.1 Å². The molecule has 0 bridgehead atoms. The highest BCUT2D eigenvalue weighted by molar-refractivity contribution is 7.99. The fraction of sp³-hybridized carbons (Fsp3) is 0.292. The second-order valence-corrected chi connectivity index (χ2v) is 8.49. The van der Waals surface area contributed by atoms with Crippen molar-refractivity contribution in [1.29, 1.82) is 0 Å². The Morgan fingerprint density at radius 3 is 2.74 bits per heavy atom. The topological polar surface area (TPSA) is 66.1 Å². The maximum absolute atomic E-state index is 13.1. The molecule has 0 saturated heterocycles. The predicted molar refractivity (Wildman–Crippen MR) is 122 cm³/mol. The Morgan fingerprint density at radius 1 is 1.19 bits per heavy atom. The number of carbonyl (C=O) groups excluding carboxylic acids is 1. The van der Waals surface area contributed by atoms with Crippen molar-refractivity contribution in [2.75, 3.05) is 17.2 Å². The van der Waals surface area contributed by atoms with Crippen LogP contribution in [0, 0.1) is 5.82 Å². The molecule has 1 aromatic heterocycles. The van der Waals surface area contributed by atoms with Crippen LogP contribution < -0.4 is 10.5 Å². The van der Waals surface area contributed by atoms with Crippen molar-refractivity contribution in [2.45, 2.75) is 37.9 Å². The first-order valence-corrected chi connectivity index (χ1v) is 11.4. The van der Waals surface area contributed by atoms with Crippen LogP contribution in [0.5, 0.6) is 0 Å². The Kier molecular flexibility index (Phi) is 6.51. The van der Waals surface area contributed by atoms with Crippen molar-refractivity contribution in [3.63, 3.8) is 0 Å². The van der Waals surface area contributed by atoms with Gasteiger partial charge in [-0.1, -0.05) is 36.9 Å². The smallest absolute Gasteiger partial charge is 0.255 e. The summed E-state index contributed by atoms with van der Waals surface area (Å²) in [7, 11) is 0. The fourth-order valence-electron chi connectivity index (χ4n) is 3.89. The molecule has 4 rings (SSSR count). The predicted octanol–water partition coefficient (Wildman–Crippen LogP) is 4.40. The highest BCUT2D eigenvalue weighted by atomic mass is 32.2. The largest absolute Gasteiger partial charge is 0.365 e. The molecule has 1 aliphatic rings. The average molecular weight is 438 g/mol. The van der Waals surface area contributed by atoms with Crippen molar-refractivity contribution in [3.8, 4) is 0 Å². The van der Waals surface area contributed by atoms with Gasteiger partial charge in [0.1, 0.15) is 5.82 Å². The van der Waals surface area contributed by atoms with Gasteiger partial charge in [0.15, 0.2) is 10.9 Å². The van der Waals surface area contributed by atoms with E-state index in [1.54, 1.807) is 0 Å². The molecule has 1 aliphatic heterocycles. The summed E-state index contributed by atoms with van der Waals surface area (Å²) in [5.41, 5.74) is 4.22. The number of hydrogen-bond acceptors (Lipinski definition) is 5. The van der Waals surface area contributed by atoms with Crippen molar-refractivity contribution < 1.29 is 9.18 Å². The van der Waals surface area contributed by atoms with Crippen LogP contribution in [0.25, 0.3) is 0 Å². The zero-order valence-electron chi connectivity index (χ0n) is 17.4. The van der Waals surface area contributed by atoms with E-state index in [1.807, 2.05) is 13.0 Å². The summed E-state index contributed by atoms with van der Waals surface area (Å²) in [6.45, 7) is 3.43. The molecule has 160 valence electrons. The number of rotatable bonds is 7. The van der Waals surface area contributed by atoms with Crippen LogP contribution in [0.1, 0.15) is 40.5 Å². The van der Waals surface area contributed by atoms with Gasteiger partial charge in [-0.2, -0.15) is 0 Å². The van der Waals surface area contributed by atoms with E-state index in [9.17, 15) is 14.0 Å². The van der Waals surface area contributed by atoms with Crippen LogP contribution in [0.3, 0.4) is 0 Å². The zero-order valence-corrected chi connectivity index (χ0v) is 18.2. The molecule has 2 heterocycles. The molecule has 0 unspecified atom stereocenters. The monoisotopic (exact) mass is 437 g/mol. The molecule has 5 nitrogen and oxygen atoms in total. The SMILES string of the molecule is CCc1c(CN2CCCc3ccccc32)nc(SCC(=O)c2ccc(F)cc2)[nH]c1=O. The van der Waals surface area contributed by atoms with Crippen LogP contribution in [0.4, 0.5) is 10.1 Å². The Bertz CT molecular complexity index is 1140. The Morgan fingerprint density at radius 2 is 1.97 bits per heavy atom. The molecule has 7 heteroatoms. The highest BCUT2D eigenvalue weighted by Gasteiger charge is 2.20. The normalized spacial score (nSPS) is 13.2. The second-order valence-electron chi connectivity index (χ2n) is 7.52. The summed E-state index contributed by atoms with van der Waals surface area (Å²) in [4.78, 5) is 34.9. The maximum Gasteiger partial charge on any atom is 0.255 e. The molecule has 0 radical (unpaired) electrons. The van der Waals surface area contributed by atoms with Crippen LogP contribution in [-0.2, 0) is 19.4 Å². The minimum atomic E-state index is -0.380. The van der Waals surface area contributed by atoms with E-state index in [1.165, 1.54) is 47.3 Å². The molecule has 3 aromatic rings. The molecule has 0 spiro atoms. The zero-order chi connectivity index (χ0) is 21.8. The van der Waals surface area contributed by atoms with Gasteiger partial charge in [-0.3, -0.25) is 9.59 Å².